The Morgan fingerprint density at radius 3 is 1.58 bits per heavy atom. The molecule has 0 saturated carbocycles. The third-order valence-corrected chi connectivity index (χ3v) is 0.830. The molecule has 0 aliphatic rings. The molecule has 0 fully saturated rings. The summed E-state index contributed by atoms with van der Waals surface area (Å²) in [5.41, 5.74) is 0. The maximum Gasteiger partial charge on any atom is 0.503 e. The van der Waals surface area contributed by atoms with Crippen LogP contribution in [-0.2, 0) is 0 Å². The molecule has 0 spiro atoms. The first-order chi connectivity index (χ1) is 5.52. The summed E-state index contributed by atoms with van der Waals surface area (Å²) in [6, 6.07) is 5.85. The van der Waals surface area contributed by atoms with Gasteiger partial charge in [-0.3, -0.25) is 0 Å². The lowest BCUT2D eigenvalue weighted by Gasteiger charge is -1.89. The van der Waals surface area contributed by atoms with Gasteiger partial charge in [0.05, 0.1) is 0 Å². The molecule has 1 rings (SSSR count). The van der Waals surface area contributed by atoms with E-state index in [1.165, 1.54) is 18.2 Å². The van der Waals surface area contributed by atoms with Crippen molar-refractivity contribution in [2.24, 2.45) is 0 Å². The number of phenols is 2. The van der Waals surface area contributed by atoms with Crippen molar-refractivity contribution in [1.82, 2.24) is 0 Å². The van der Waals surface area contributed by atoms with Crippen molar-refractivity contribution in [2.45, 2.75) is 0 Å². The van der Waals surface area contributed by atoms with Gasteiger partial charge in [0.1, 0.15) is 11.5 Å². The van der Waals surface area contributed by atoms with E-state index in [1.807, 2.05) is 0 Å². The molecule has 0 aliphatic heterocycles. The van der Waals surface area contributed by atoms with E-state index >= 15 is 0 Å². The Bertz CT molecular complexity index is 236. The Labute approximate surface area is 68.1 Å². The van der Waals surface area contributed by atoms with E-state index in [0.29, 0.717) is 0 Å². The predicted molar refractivity (Wildman–Crippen MR) is 40.4 cm³/mol. The van der Waals surface area contributed by atoms with Crippen LogP contribution in [0.2, 0.25) is 0 Å². The molecule has 0 heterocycles. The van der Waals surface area contributed by atoms with Crippen LogP contribution in [0.25, 0.3) is 0 Å². The Balaban J connectivity index is 0.000000261. The van der Waals surface area contributed by atoms with Gasteiger partial charge in [-0.25, -0.2) is 4.79 Å². The lowest BCUT2D eigenvalue weighted by Crippen LogP contribution is -1.81. The molecule has 0 amide bonds. The second kappa shape index (κ2) is 4.84. The second-order valence-electron chi connectivity index (χ2n) is 1.80. The number of aromatic hydroxyl groups is 2. The van der Waals surface area contributed by atoms with E-state index in [1.54, 1.807) is 6.07 Å². The van der Waals surface area contributed by atoms with Crippen LogP contribution in [0.4, 0.5) is 4.79 Å². The SMILES string of the molecule is O=C(O)O.Oc1cccc(O)c1. The molecule has 0 bridgehead atoms. The molecule has 0 unspecified atom stereocenters. The van der Waals surface area contributed by atoms with Gasteiger partial charge < -0.3 is 20.4 Å². The van der Waals surface area contributed by atoms with Gasteiger partial charge in [-0.05, 0) is 12.1 Å². The zero-order valence-electron chi connectivity index (χ0n) is 6.01. The van der Waals surface area contributed by atoms with Crippen LogP contribution in [0.15, 0.2) is 24.3 Å². The number of hydrogen-bond donors (Lipinski definition) is 4. The fourth-order valence-electron chi connectivity index (χ4n) is 0.493. The lowest BCUT2D eigenvalue weighted by atomic mass is 10.3. The predicted octanol–water partition coefficient (Wildman–Crippen LogP) is 1.32. The van der Waals surface area contributed by atoms with Crippen LogP contribution >= 0.6 is 0 Å². The van der Waals surface area contributed by atoms with Crippen LogP contribution in [0, 0.1) is 0 Å². The number of benzene rings is 1. The van der Waals surface area contributed by atoms with Gasteiger partial charge in [-0.1, -0.05) is 6.07 Å². The average Bonchev–Trinajstić information content (AvgIpc) is 1.84. The summed E-state index contributed by atoms with van der Waals surface area (Å²) in [6.07, 6.45) is -1.83. The minimum Gasteiger partial charge on any atom is -0.508 e. The van der Waals surface area contributed by atoms with E-state index < -0.39 is 6.16 Å². The molecule has 0 aromatic heterocycles. The zero-order valence-corrected chi connectivity index (χ0v) is 6.01. The van der Waals surface area contributed by atoms with Gasteiger partial charge in [0, 0.05) is 6.07 Å². The molecule has 5 nitrogen and oxygen atoms in total. The van der Waals surface area contributed by atoms with Crippen molar-refractivity contribution in [3.8, 4) is 11.5 Å². The molecule has 1 aromatic rings. The van der Waals surface area contributed by atoms with Crippen LogP contribution in [0.1, 0.15) is 0 Å². The van der Waals surface area contributed by atoms with E-state index in [-0.39, 0.29) is 11.5 Å². The van der Waals surface area contributed by atoms with Crippen molar-refractivity contribution in [3.05, 3.63) is 24.3 Å². The summed E-state index contributed by atoms with van der Waals surface area (Å²) in [4.78, 5) is 8.56. The van der Waals surface area contributed by atoms with Gasteiger partial charge in [0.25, 0.3) is 0 Å². The average molecular weight is 172 g/mol. The van der Waals surface area contributed by atoms with Crippen molar-refractivity contribution >= 4 is 6.16 Å². The highest BCUT2D eigenvalue weighted by atomic mass is 16.6. The Morgan fingerprint density at radius 2 is 1.42 bits per heavy atom. The Morgan fingerprint density at radius 1 is 1.08 bits per heavy atom. The first kappa shape index (κ1) is 10.1. The lowest BCUT2D eigenvalue weighted by molar-refractivity contribution is 0.137. The molecule has 1 aromatic carbocycles. The smallest absolute Gasteiger partial charge is 0.503 e. The number of rotatable bonds is 0. The maximum atomic E-state index is 8.65. The molecular weight excluding hydrogens is 164 g/mol. The minimum atomic E-state index is -1.83. The van der Waals surface area contributed by atoms with Crippen LogP contribution in [-0.4, -0.2) is 26.6 Å². The van der Waals surface area contributed by atoms with Crippen molar-refractivity contribution < 1.29 is 25.2 Å². The highest BCUT2D eigenvalue weighted by Gasteiger charge is 1.85. The topological polar surface area (TPSA) is 98.0 Å². The highest BCUT2D eigenvalue weighted by Crippen LogP contribution is 2.14. The quantitative estimate of drug-likeness (QED) is 0.473. The molecule has 0 atom stereocenters. The van der Waals surface area contributed by atoms with E-state index in [9.17, 15) is 0 Å². The van der Waals surface area contributed by atoms with Crippen LogP contribution in [0.5, 0.6) is 11.5 Å². The standard InChI is InChI=1S/C6H6O2.CH2O3/c7-5-2-1-3-6(8)4-5;2-1(3)4/h1-4,7-8H;(H2,2,3,4). The first-order valence-corrected chi connectivity index (χ1v) is 2.92. The first-order valence-electron chi connectivity index (χ1n) is 2.92. The maximum absolute atomic E-state index is 8.65. The monoisotopic (exact) mass is 172 g/mol. The minimum absolute atomic E-state index is 0.0880. The molecule has 4 N–H and O–H groups in total. The van der Waals surface area contributed by atoms with Crippen LogP contribution < -0.4 is 0 Å². The molecule has 0 aliphatic carbocycles. The van der Waals surface area contributed by atoms with Gasteiger partial charge in [0.15, 0.2) is 0 Å². The normalized spacial score (nSPS) is 8.00. The fraction of sp³-hybridized carbons (Fsp3) is 0. The molecule has 12 heavy (non-hydrogen) atoms. The zero-order chi connectivity index (χ0) is 9.56. The van der Waals surface area contributed by atoms with E-state index in [4.69, 9.17) is 25.2 Å². The highest BCUT2D eigenvalue weighted by molar-refractivity contribution is 5.53. The summed E-state index contributed by atoms with van der Waals surface area (Å²) < 4.78 is 0. The van der Waals surface area contributed by atoms with Crippen LogP contribution in [0.3, 0.4) is 0 Å². The number of hydrogen-bond acceptors (Lipinski definition) is 3. The Kier molecular flexibility index (Phi) is 4.07. The van der Waals surface area contributed by atoms with Gasteiger partial charge in [-0.15, -0.1) is 0 Å². The number of carboxylic acid groups (broad SMARTS) is 2. The third kappa shape index (κ3) is 6.21. The summed E-state index contributed by atoms with van der Waals surface area (Å²) >= 11 is 0. The van der Waals surface area contributed by atoms with Crippen molar-refractivity contribution in [2.75, 3.05) is 0 Å². The third-order valence-electron chi connectivity index (χ3n) is 0.830. The number of carbonyl (C=O) groups is 1. The summed E-state index contributed by atoms with van der Waals surface area (Å²) in [5.74, 6) is 0.176. The fourth-order valence-corrected chi connectivity index (χ4v) is 0.493. The second-order valence-corrected chi connectivity index (χ2v) is 1.80. The summed E-state index contributed by atoms with van der Waals surface area (Å²) in [5, 5.41) is 31.3. The largest absolute Gasteiger partial charge is 0.508 e. The van der Waals surface area contributed by atoms with Gasteiger partial charge in [0.2, 0.25) is 0 Å². The van der Waals surface area contributed by atoms with E-state index in [0.717, 1.165) is 0 Å². The van der Waals surface area contributed by atoms with Gasteiger partial charge in [-0.2, -0.15) is 0 Å². The van der Waals surface area contributed by atoms with Gasteiger partial charge >= 0.3 is 6.16 Å². The molecular formula is C7H8O5. The number of phenolic OH excluding ortho intramolecular Hbond substituents is 2. The Hall–Kier alpha value is -1.91. The van der Waals surface area contributed by atoms with E-state index in [2.05, 4.69) is 0 Å². The van der Waals surface area contributed by atoms with Crippen molar-refractivity contribution in [1.29, 1.82) is 0 Å². The van der Waals surface area contributed by atoms with Crippen molar-refractivity contribution in [3.63, 3.8) is 0 Å². The molecule has 66 valence electrons. The molecule has 0 radical (unpaired) electrons. The molecule has 0 saturated heterocycles. The molecule has 5 heteroatoms. The summed E-state index contributed by atoms with van der Waals surface area (Å²) in [7, 11) is 0. The summed E-state index contributed by atoms with van der Waals surface area (Å²) in [6.45, 7) is 0.